The molecule has 0 spiro atoms. The van der Waals surface area contributed by atoms with Crippen LogP contribution < -0.4 is 4.74 Å². The van der Waals surface area contributed by atoms with Gasteiger partial charge in [0.05, 0.1) is 18.1 Å². The van der Waals surface area contributed by atoms with Crippen molar-refractivity contribution < 1.29 is 4.74 Å². The Morgan fingerprint density at radius 2 is 2.25 bits per heavy atom. The maximum Gasteiger partial charge on any atom is 0.217 e. The second-order valence-corrected chi connectivity index (χ2v) is 3.53. The van der Waals surface area contributed by atoms with E-state index < -0.39 is 0 Å². The van der Waals surface area contributed by atoms with Crippen LogP contribution in [-0.2, 0) is 0 Å². The van der Waals surface area contributed by atoms with Gasteiger partial charge < -0.3 is 4.74 Å². The van der Waals surface area contributed by atoms with Crippen molar-refractivity contribution in [1.82, 2.24) is 25.0 Å². The predicted octanol–water partition coefficient (Wildman–Crippen LogP) is 1.33. The van der Waals surface area contributed by atoms with Crippen LogP contribution in [0.1, 0.15) is 0 Å². The molecule has 0 radical (unpaired) electrons. The molecule has 0 atom stereocenters. The Hall–Kier alpha value is -1.95. The molecule has 16 heavy (non-hydrogen) atoms. The fraction of sp³-hybridized carbons (Fsp3) is 0.111. The number of fused-ring (bicyclic) bond motifs is 3. The molecule has 0 aliphatic carbocycles. The number of halogens is 1. The Balaban J connectivity index is 2.50. The molecular weight excluding hydrogens is 230 g/mol. The van der Waals surface area contributed by atoms with Gasteiger partial charge in [-0.2, -0.15) is 4.52 Å². The van der Waals surface area contributed by atoms with E-state index in [0.29, 0.717) is 16.9 Å². The number of hydrogen-bond acceptors (Lipinski definition) is 5. The second kappa shape index (κ2) is 3.28. The fourth-order valence-corrected chi connectivity index (χ4v) is 1.74. The first kappa shape index (κ1) is 9.29. The third-order valence-corrected chi connectivity index (χ3v) is 2.54. The largest absolute Gasteiger partial charge is 0.497 e. The molecule has 3 rings (SSSR count). The van der Waals surface area contributed by atoms with Gasteiger partial charge in [0.25, 0.3) is 0 Å². The van der Waals surface area contributed by atoms with Crippen LogP contribution in [0.3, 0.4) is 0 Å². The van der Waals surface area contributed by atoms with Gasteiger partial charge in [0, 0.05) is 6.07 Å². The fourth-order valence-electron chi connectivity index (χ4n) is 1.53. The summed E-state index contributed by atoms with van der Waals surface area (Å²) in [6.45, 7) is 0. The number of hydrogen-bond donors (Lipinski definition) is 0. The van der Waals surface area contributed by atoms with Crippen LogP contribution in [-0.4, -0.2) is 32.1 Å². The summed E-state index contributed by atoms with van der Waals surface area (Å²) in [6.07, 6.45) is 0. The summed E-state index contributed by atoms with van der Waals surface area (Å²) in [4.78, 5) is 4.20. The van der Waals surface area contributed by atoms with Crippen molar-refractivity contribution in [3.05, 3.63) is 23.4 Å². The number of aromatic nitrogens is 5. The van der Waals surface area contributed by atoms with Crippen molar-refractivity contribution in [2.45, 2.75) is 0 Å². The van der Waals surface area contributed by atoms with Gasteiger partial charge in [-0.05, 0) is 22.6 Å². The Morgan fingerprint density at radius 3 is 3.06 bits per heavy atom. The summed E-state index contributed by atoms with van der Waals surface area (Å²) in [7, 11) is 1.60. The van der Waals surface area contributed by atoms with E-state index in [-0.39, 0.29) is 5.15 Å². The van der Waals surface area contributed by atoms with Gasteiger partial charge in [-0.25, -0.2) is 4.98 Å². The van der Waals surface area contributed by atoms with E-state index in [1.807, 2.05) is 12.1 Å². The highest BCUT2D eigenvalue weighted by Crippen LogP contribution is 2.22. The molecular formula is C9H6ClN5O. The lowest BCUT2D eigenvalue weighted by Gasteiger charge is -2.03. The Morgan fingerprint density at radius 1 is 1.38 bits per heavy atom. The SMILES string of the molecule is COc1ccc2nc(Cl)c3nnnn3c2c1. The zero-order valence-electron chi connectivity index (χ0n) is 8.25. The molecule has 3 aromatic rings. The van der Waals surface area contributed by atoms with Crippen LogP contribution in [0.25, 0.3) is 16.7 Å². The Labute approximate surface area is 94.8 Å². The molecule has 0 N–H and O–H groups in total. The first-order valence-electron chi connectivity index (χ1n) is 4.51. The third kappa shape index (κ3) is 1.20. The van der Waals surface area contributed by atoms with Crippen molar-refractivity contribution in [1.29, 1.82) is 0 Å². The van der Waals surface area contributed by atoms with Gasteiger partial charge in [-0.15, -0.1) is 5.10 Å². The zero-order chi connectivity index (χ0) is 11.1. The lowest BCUT2D eigenvalue weighted by atomic mass is 10.3. The maximum absolute atomic E-state index is 5.95. The predicted molar refractivity (Wildman–Crippen MR) is 57.6 cm³/mol. The lowest BCUT2D eigenvalue weighted by molar-refractivity contribution is 0.415. The smallest absolute Gasteiger partial charge is 0.217 e. The average Bonchev–Trinajstić information content (AvgIpc) is 2.78. The molecule has 0 bridgehead atoms. The highest BCUT2D eigenvalue weighted by molar-refractivity contribution is 6.32. The summed E-state index contributed by atoms with van der Waals surface area (Å²) >= 11 is 5.95. The van der Waals surface area contributed by atoms with Crippen LogP contribution in [0.2, 0.25) is 5.15 Å². The van der Waals surface area contributed by atoms with E-state index >= 15 is 0 Å². The normalized spacial score (nSPS) is 11.1. The molecule has 1 aromatic carbocycles. The first-order valence-corrected chi connectivity index (χ1v) is 4.89. The van der Waals surface area contributed by atoms with Crippen LogP contribution >= 0.6 is 11.6 Å². The van der Waals surface area contributed by atoms with Gasteiger partial charge in [0.1, 0.15) is 5.75 Å². The Bertz CT molecular complexity index is 680. The number of tetrazole rings is 1. The van der Waals surface area contributed by atoms with Crippen LogP contribution in [0, 0.1) is 0 Å². The molecule has 2 heterocycles. The number of methoxy groups -OCH3 is 1. The molecule has 7 heteroatoms. The van der Waals surface area contributed by atoms with Gasteiger partial charge in [0.2, 0.25) is 5.65 Å². The van der Waals surface area contributed by atoms with Crippen LogP contribution in [0.5, 0.6) is 5.75 Å². The van der Waals surface area contributed by atoms with Crippen LogP contribution in [0.15, 0.2) is 18.2 Å². The molecule has 0 aliphatic heterocycles. The van der Waals surface area contributed by atoms with Crippen molar-refractivity contribution in [2.24, 2.45) is 0 Å². The van der Waals surface area contributed by atoms with E-state index in [1.165, 1.54) is 4.52 Å². The highest BCUT2D eigenvalue weighted by atomic mass is 35.5. The molecule has 6 nitrogen and oxygen atoms in total. The lowest BCUT2D eigenvalue weighted by Crippen LogP contribution is -1.95. The van der Waals surface area contributed by atoms with Crippen LogP contribution in [0.4, 0.5) is 0 Å². The molecule has 2 aromatic heterocycles. The summed E-state index contributed by atoms with van der Waals surface area (Å²) in [5.41, 5.74) is 1.90. The zero-order valence-corrected chi connectivity index (χ0v) is 9.01. The average molecular weight is 236 g/mol. The highest BCUT2D eigenvalue weighted by Gasteiger charge is 2.10. The molecule has 0 aliphatic rings. The van der Waals surface area contributed by atoms with E-state index in [1.54, 1.807) is 13.2 Å². The quantitative estimate of drug-likeness (QED) is 0.637. The monoisotopic (exact) mass is 235 g/mol. The van der Waals surface area contributed by atoms with Gasteiger partial charge >= 0.3 is 0 Å². The molecule has 0 fully saturated rings. The molecule has 0 saturated heterocycles. The second-order valence-electron chi connectivity index (χ2n) is 3.17. The van der Waals surface area contributed by atoms with E-state index in [2.05, 4.69) is 20.5 Å². The number of ether oxygens (including phenoxy) is 1. The number of nitrogens with zero attached hydrogens (tertiary/aromatic N) is 5. The number of rotatable bonds is 1. The summed E-state index contributed by atoms with van der Waals surface area (Å²) in [5, 5.41) is 11.5. The first-order chi connectivity index (χ1) is 7.79. The Kier molecular flexibility index (Phi) is 1.90. The summed E-state index contributed by atoms with van der Waals surface area (Å²) < 4.78 is 6.67. The van der Waals surface area contributed by atoms with Crippen molar-refractivity contribution >= 4 is 28.3 Å². The van der Waals surface area contributed by atoms with Crippen molar-refractivity contribution in [3.63, 3.8) is 0 Å². The van der Waals surface area contributed by atoms with Gasteiger partial charge in [-0.1, -0.05) is 11.6 Å². The summed E-state index contributed by atoms with van der Waals surface area (Å²) in [5.74, 6) is 0.716. The molecule has 0 unspecified atom stereocenters. The minimum absolute atomic E-state index is 0.280. The number of benzene rings is 1. The standard InChI is InChI=1S/C9H6ClN5O/c1-16-5-2-3-6-7(4-5)15-9(8(10)11-6)12-13-14-15/h2-4H,1H3. The van der Waals surface area contributed by atoms with E-state index in [9.17, 15) is 0 Å². The van der Waals surface area contributed by atoms with Gasteiger partial charge in [-0.3, -0.25) is 0 Å². The summed E-state index contributed by atoms with van der Waals surface area (Å²) in [6, 6.07) is 5.42. The van der Waals surface area contributed by atoms with Gasteiger partial charge in [0.15, 0.2) is 5.15 Å². The van der Waals surface area contributed by atoms with Crippen molar-refractivity contribution in [2.75, 3.05) is 7.11 Å². The molecule has 80 valence electrons. The minimum atomic E-state index is 0.280. The maximum atomic E-state index is 5.95. The molecule has 0 saturated carbocycles. The van der Waals surface area contributed by atoms with E-state index in [4.69, 9.17) is 16.3 Å². The van der Waals surface area contributed by atoms with Crippen molar-refractivity contribution in [3.8, 4) is 5.75 Å². The third-order valence-electron chi connectivity index (χ3n) is 2.28. The molecule has 0 amide bonds. The van der Waals surface area contributed by atoms with E-state index in [0.717, 1.165) is 5.52 Å². The topological polar surface area (TPSA) is 65.2 Å². The minimum Gasteiger partial charge on any atom is -0.497 e.